The lowest BCUT2D eigenvalue weighted by atomic mass is 9.96. The van der Waals surface area contributed by atoms with Crippen LogP contribution in [0.4, 0.5) is 0 Å². The third-order valence-corrected chi connectivity index (χ3v) is 17.2. The molecule has 0 unspecified atom stereocenters. The van der Waals surface area contributed by atoms with Gasteiger partial charge in [0, 0.05) is 0 Å². The zero-order valence-electron chi connectivity index (χ0n) is 64.3. The molecular formula is C68H131N21O14. The third kappa shape index (κ3) is 33.7. The van der Waals surface area contributed by atoms with Crippen LogP contribution < -0.4 is 115 Å². The fourth-order valence-electron chi connectivity index (χ4n) is 9.81. The van der Waals surface area contributed by atoms with Gasteiger partial charge in [0.15, 0.2) is 0 Å². The normalized spacial score (nSPS) is 14.1. The highest BCUT2D eigenvalue weighted by Crippen LogP contribution is 2.19. The molecular weight excluding hydrogens is 1330 g/mol. The van der Waals surface area contributed by atoms with E-state index in [1.54, 1.807) is 0 Å². The maximum atomic E-state index is 14.3. The molecule has 0 aliphatic heterocycles. The van der Waals surface area contributed by atoms with Crippen molar-refractivity contribution in [3.05, 3.63) is 0 Å². The summed E-state index contributed by atoms with van der Waals surface area (Å²) in [6, 6.07) is -7.32. The first-order valence-corrected chi connectivity index (χ1v) is 35.8. The molecule has 592 valence electrons. The van der Waals surface area contributed by atoms with Crippen molar-refractivity contribution in [2.45, 2.75) is 307 Å². The molecule has 0 spiro atoms. The van der Waals surface area contributed by atoms with E-state index in [4.69, 9.17) is 45.9 Å². The summed E-state index contributed by atoms with van der Waals surface area (Å²) < 4.78 is 0. The first-order valence-electron chi connectivity index (χ1n) is 35.8. The van der Waals surface area contributed by atoms with E-state index in [0.717, 1.165) is 0 Å². The maximum absolute atomic E-state index is 14.3. The minimum atomic E-state index is -1.80. The summed E-state index contributed by atoms with van der Waals surface area (Å²) in [6.45, 7) is 23.9. The highest BCUT2D eigenvalue weighted by molar-refractivity contribution is 6.03. The minimum Gasteiger partial charge on any atom is -0.368 e. The van der Waals surface area contributed by atoms with E-state index in [-0.39, 0.29) is 64.8 Å². The van der Waals surface area contributed by atoms with Gasteiger partial charge in [-0.1, -0.05) is 6.42 Å². The van der Waals surface area contributed by atoms with E-state index >= 15 is 0 Å². The molecule has 0 aliphatic carbocycles. The Bertz CT molecular complexity index is 2860. The molecule has 0 bridgehead atoms. The average Bonchev–Trinajstić information content (AvgIpc) is 0.830. The van der Waals surface area contributed by atoms with Crippen molar-refractivity contribution in [1.82, 2.24) is 69.1 Å². The standard InChI is InChI=1S/C68H131N21O14/c1-61(2,53(76)96)86-57(100)66(11,12)83-50(93)44(32-20-26-38-72)77-48(91)43(31-19-25-37-71)80-55(98)63(5,6)88-60(103)68(15,16)85-52(95)46(34-22-28-40-74)81-56(99)64(7,8)89-59(102)67(13,14)84-51(94)45(33-21-27-39-73)78-49(92)42(30-18-24-36-70)79-54(97)62(3,4)87-58(101)65(9,10)82-47(90)41(75)29-17-23-35-69/h41-46H,17-40,69-75H2,1-16H3,(H2,76,96)(H,77,91)(H,78,92)(H,79,97)(H,80,98)(H,81,99)(H,82,90)(H,83,93)(H,84,94)(H,85,95)(H,86,100)(H,87,101)(H,88,103)(H,89,102)/t41-,42-,43-,44-,45-,46-/m0/s1. The summed E-state index contributed by atoms with van der Waals surface area (Å²) in [5, 5.41) is 34.5. The van der Waals surface area contributed by atoms with Crippen molar-refractivity contribution in [2.24, 2.45) is 45.9 Å². The second-order valence-electron chi connectivity index (χ2n) is 30.7. The van der Waals surface area contributed by atoms with E-state index in [2.05, 4.69) is 69.1 Å². The highest BCUT2D eigenvalue weighted by atomic mass is 16.2. The Morgan fingerprint density at radius 2 is 0.417 bits per heavy atom. The summed E-state index contributed by atoms with van der Waals surface area (Å²) in [6.07, 6.45) is 5.86. The molecule has 0 heterocycles. The molecule has 0 saturated carbocycles. The molecule has 14 amide bonds. The van der Waals surface area contributed by atoms with Crippen molar-refractivity contribution in [1.29, 1.82) is 0 Å². The van der Waals surface area contributed by atoms with Gasteiger partial charge in [-0.05, 0) is 259 Å². The van der Waals surface area contributed by atoms with Crippen LogP contribution in [0, 0.1) is 0 Å². The quantitative estimate of drug-likeness (QED) is 0.0259. The Balaban J connectivity index is 6.62. The van der Waals surface area contributed by atoms with E-state index in [0.29, 0.717) is 90.0 Å². The Morgan fingerprint density at radius 1 is 0.233 bits per heavy atom. The monoisotopic (exact) mass is 1470 g/mol. The summed E-state index contributed by atoms with van der Waals surface area (Å²) in [4.78, 5) is 193. The fourth-order valence-corrected chi connectivity index (χ4v) is 9.81. The number of amides is 14. The van der Waals surface area contributed by atoms with Gasteiger partial charge in [-0.25, -0.2) is 0 Å². The number of primary amides is 1. The first-order chi connectivity index (χ1) is 47.4. The summed E-state index contributed by atoms with van der Waals surface area (Å²) in [5.41, 5.74) is 32.5. The van der Waals surface area contributed by atoms with Gasteiger partial charge in [-0.2, -0.15) is 0 Å². The lowest BCUT2D eigenvalue weighted by Crippen LogP contribution is -2.67. The zero-order chi connectivity index (χ0) is 79.7. The molecule has 0 rings (SSSR count). The Labute approximate surface area is 608 Å². The van der Waals surface area contributed by atoms with Gasteiger partial charge in [0.1, 0.15) is 74.5 Å². The van der Waals surface area contributed by atoms with Gasteiger partial charge in [0.05, 0.1) is 6.04 Å². The fraction of sp³-hybridized carbons (Fsp3) is 0.794. The second kappa shape index (κ2) is 43.5. The van der Waals surface area contributed by atoms with Gasteiger partial charge < -0.3 is 115 Å². The van der Waals surface area contributed by atoms with Crippen molar-refractivity contribution >= 4 is 82.7 Å². The lowest BCUT2D eigenvalue weighted by molar-refractivity contribution is -0.140. The number of unbranched alkanes of at least 4 members (excludes halogenated alkanes) is 6. The van der Waals surface area contributed by atoms with Gasteiger partial charge >= 0.3 is 0 Å². The Morgan fingerprint density at radius 3 is 0.641 bits per heavy atom. The molecule has 0 aromatic rings. The smallest absolute Gasteiger partial charge is 0.246 e. The van der Waals surface area contributed by atoms with Gasteiger partial charge in [-0.15, -0.1) is 0 Å². The van der Waals surface area contributed by atoms with Crippen LogP contribution >= 0.6 is 0 Å². The van der Waals surface area contributed by atoms with Crippen LogP contribution in [0.1, 0.15) is 226 Å². The van der Waals surface area contributed by atoms with Crippen molar-refractivity contribution < 1.29 is 67.1 Å². The van der Waals surface area contributed by atoms with Crippen molar-refractivity contribution in [3.8, 4) is 0 Å². The minimum absolute atomic E-state index is 0.00654. The largest absolute Gasteiger partial charge is 0.368 e. The van der Waals surface area contributed by atoms with E-state index in [1.165, 1.54) is 111 Å². The summed E-state index contributed by atoms with van der Waals surface area (Å²) in [7, 11) is 0. The van der Waals surface area contributed by atoms with Gasteiger partial charge in [0.25, 0.3) is 0 Å². The molecule has 6 atom stereocenters. The Hall–Kier alpha value is -7.70. The van der Waals surface area contributed by atoms with Crippen LogP contribution in [0.3, 0.4) is 0 Å². The summed E-state index contributed by atoms with van der Waals surface area (Å²) in [5.74, 6) is -11.0. The van der Waals surface area contributed by atoms with Crippen LogP contribution in [0.5, 0.6) is 0 Å². The number of carbonyl (C=O) groups is 14. The molecule has 0 saturated heterocycles. The SMILES string of the molecule is CC(C)(NC(=O)C(C)(C)NC(=O)[C@H](CCCCN)NC(=O)[C@H](CCCCN)NC(=O)C(C)(C)NC(=O)C(C)(C)NC(=O)[C@H](CCCCN)NC(=O)C(C)(C)NC(=O)C(C)(C)NC(=O)[C@H](CCCCN)NC(=O)[C@H](CCCCN)NC(=O)C(C)(C)NC(=O)C(C)(C)NC(=O)[C@@H](N)CCCCN)C(N)=O. The van der Waals surface area contributed by atoms with E-state index in [1.807, 2.05) is 0 Å². The zero-order valence-corrected chi connectivity index (χ0v) is 64.3. The number of nitrogens with one attached hydrogen (secondary N) is 13. The van der Waals surface area contributed by atoms with E-state index < -0.39 is 163 Å². The highest BCUT2D eigenvalue weighted by Gasteiger charge is 2.45. The molecule has 0 aromatic heterocycles. The molecule has 29 N–H and O–H groups in total. The molecule has 0 radical (unpaired) electrons. The van der Waals surface area contributed by atoms with E-state index in [9.17, 15) is 67.1 Å². The van der Waals surface area contributed by atoms with Crippen LogP contribution in [0.25, 0.3) is 0 Å². The molecule has 0 aromatic carbocycles. The first kappa shape index (κ1) is 95.3. The number of hydrogen-bond donors (Lipinski definition) is 21. The predicted molar refractivity (Wildman–Crippen MR) is 392 cm³/mol. The molecule has 103 heavy (non-hydrogen) atoms. The molecule has 0 aliphatic rings. The topological polar surface area (TPSA) is 604 Å². The molecule has 35 nitrogen and oxygen atoms in total. The van der Waals surface area contributed by atoms with Crippen LogP contribution in [-0.2, 0) is 67.1 Å². The lowest BCUT2D eigenvalue weighted by Gasteiger charge is -2.35. The van der Waals surface area contributed by atoms with Crippen LogP contribution in [0.2, 0.25) is 0 Å². The maximum Gasteiger partial charge on any atom is 0.246 e. The van der Waals surface area contributed by atoms with Crippen molar-refractivity contribution in [3.63, 3.8) is 0 Å². The van der Waals surface area contributed by atoms with Gasteiger partial charge in [0.2, 0.25) is 82.7 Å². The number of hydrogen-bond acceptors (Lipinski definition) is 21. The van der Waals surface area contributed by atoms with Crippen LogP contribution in [0.15, 0.2) is 0 Å². The predicted octanol–water partition coefficient (Wildman–Crippen LogP) is -3.84. The molecule has 35 heteroatoms. The average molecular weight is 1470 g/mol. The van der Waals surface area contributed by atoms with Crippen LogP contribution in [-0.4, -0.2) is 203 Å². The Kier molecular flexibility index (Phi) is 40.3. The summed E-state index contributed by atoms with van der Waals surface area (Å²) >= 11 is 0. The number of nitrogens with two attached hydrogens (primary N) is 8. The number of carbonyl (C=O) groups excluding carboxylic acids is 14. The second-order valence-corrected chi connectivity index (χ2v) is 30.7. The van der Waals surface area contributed by atoms with Gasteiger partial charge in [-0.3, -0.25) is 67.1 Å². The van der Waals surface area contributed by atoms with Crippen molar-refractivity contribution in [2.75, 3.05) is 39.3 Å². The third-order valence-electron chi connectivity index (χ3n) is 17.2. The molecule has 0 fully saturated rings. The number of rotatable bonds is 51.